The van der Waals surface area contributed by atoms with Gasteiger partial charge in [0.25, 0.3) is 6.26 Å². The molecule has 21 heavy (non-hydrogen) atoms. The van der Waals surface area contributed by atoms with E-state index in [1.165, 1.54) is 13.8 Å². The molecular weight excluding hydrogens is 274 g/mol. The maximum atomic E-state index is 11.5. The van der Waals surface area contributed by atoms with Crippen LogP contribution in [0.15, 0.2) is 24.3 Å². The van der Waals surface area contributed by atoms with E-state index in [9.17, 15) is 9.59 Å². The molecule has 6 heteroatoms. The average molecular weight is 295 g/mol. The van der Waals surface area contributed by atoms with Gasteiger partial charge in [-0.25, -0.2) is 9.59 Å². The topological polar surface area (TPSA) is 85.6 Å². The molecule has 0 atom stereocenters. The third kappa shape index (κ3) is 6.61. The van der Waals surface area contributed by atoms with Gasteiger partial charge in [-0.1, -0.05) is 20.1 Å². The largest absolute Gasteiger partial charge is 0.461 e. The number of rotatable bonds is 9. The van der Waals surface area contributed by atoms with E-state index >= 15 is 0 Å². The maximum Gasteiger partial charge on any atom is 0.333 e. The van der Waals surface area contributed by atoms with Gasteiger partial charge in [0, 0.05) is 11.1 Å². The molecule has 0 bridgehead atoms. The van der Waals surface area contributed by atoms with Gasteiger partial charge in [-0.2, -0.15) is 5.26 Å². The van der Waals surface area contributed by atoms with Crippen molar-refractivity contribution in [2.45, 2.75) is 27.2 Å². The van der Waals surface area contributed by atoms with Crippen LogP contribution in [0, 0.1) is 16.9 Å². The molecule has 0 rings (SSSR count). The van der Waals surface area contributed by atoms with Gasteiger partial charge >= 0.3 is 11.9 Å². The van der Waals surface area contributed by atoms with E-state index in [0.717, 1.165) is 0 Å². The molecule has 0 aliphatic heterocycles. The molecule has 0 aromatic rings. The van der Waals surface area contributed by atoms with Gasteiger partial charge in [-0.05, 0) is 20.3 Å². The summed E-state index contributed by atoms with van der Waals surface area (Å²) in [5, 5.41) is 8.54. The first-order valence-electron chi connectivity index (χ1n) is 6.44. The van der Waals surface area contributed by atoms with Gasteiger partial charge in [-0.3, -0.25) is 0 Å². The second kappa shape index (κ2) is 8.80. The molecule has 0 heterocycles. The molecule has 0 unspecified atom stereocenters. The van der Waals surface area contributed by atoms with Crippen LogP contribution in [0.25, 0.3) is 0 Å². The van der Waals surface area contributed by atoms with Crippen LogP contribution in [-0.4, -0.2) is 31.8 Å². The van der Waals surface area contributed by atoms with Crippen molar-refractivity contribution in [2.24, 2.45) is 5.41 Å². The van der Waals surface area contributed by atoms with Gasteiger partial charge < -0.3 is 14.2 Å². The molecule has 0 aliphatic rings. The minimum Gasteiger partial charge on any atom is -0.461 e. The first-order chi connectivity index (χ1) is 9.78. The number of nitriles is 1. The Bertz CT molecular complexity index is 431. The van der Waals surface area contributed by atoms with Crippen LogP contribution in [0.5, 0.6) is 0 Å². The van der Waals surface area contributed by atoms with Gasteiger partial charge in [0.15, 0.2) is 0 Å². The molecule has 0 radical (unpaired) electrons. The first kappa shape index (κ1) is 18.7. The molecular formula is C15H21NO5. The van der Waals surface area contributed by atoms with E-state index in [1.54, 1.807) is 6.26 Å². The van der Waals surface area contributed by atoms with Crippen LogP contribution in [0.1, 0.15) is 27.2 Å². The number of ether oxygens (including phenoxy) is 3. The molecule has 0 spiro atoms. The Morgan fingerprint density at radius 2 is 1.48 bits per heavy atom. The summed E-state index contributed by atoms with van der Waals surface area (Å²) in [4.78, 5) is 23.0. The Balaban J connectivity index is 4.85. The summed E-state index contributed by atoms with van der Waals surface area (Å²) < 4.78 is 15.0. The Hall–Kier alpha value is -2.29. The van der Waals surface area contributed by atoms with Crippen molar-refractivity contribution in [3.05, 3.63) is 24.3 Å². The van der Waals surface area contributed by atoms with Crippen LogP contribution in [0.3, 0.4) is 0 Å². The molecule has 0 amide bonds. The smallest absolute Gasteiger partial charge is 0.333 e. The standard InChI is InChI=1S/C15H21NO5/c1-6-15(7-19-10-16,8-20-13(17)11(2)3)9-21-14(18)12(4)5/h2,4,6-9H2,1,3,5H3. The lowest BCUT2D eigenvalue weighted by atomic mass is 9.88. The van der Waals surface area contributed by atoms with E-state index in [-0.39, 0.29) is 31.0 Å². The predicted octanol–water partition coefficient (Wildman–Crippen LogP) is 2.12. The average Bonchev–Trinajstić information content (AvgIpc) is 2.46. The quantitative estimate of drug-likeness (QED) is 0.368. The summed E-state index contributed by atoms with van der Waals surface area (Å²) in [5.41, 5.74) is -0.258. The summed E-state index contributed by atoms with van der Waals surface area (Å²) in [6, 6.07) is 0. The number of hydrogen-bond acceptors (Lipinski definition) is 6. The summed E-state index contributed by atoms with van der Waals surface area (Å²) >= 11 is 0. The Morgan fingerprint density at radius 1 is 1.05 bits per heavy atom. The summed E-state index contributed by atoms with van der Waals surface area (Å²) in [6.07, 6.45) is 2.05. The molecule has 116 valence electrons. The van der Waals surface area contributed by atoms with Crippen molar-refractivity contribution in [1.82, 2.24) is 0 Å². The minimum absolute atomic E-state index is 0.0209. The molecule has 0 aromatic carbocycles. The zero-order chi connectivity index (χ0) is 16.5. The molecule has 0 aromatic heterocycles. The van der Waals surface area contributed by atoms with Crippen LogP contribution in [0.4, 0.5) is 0 Å². The zero-order valence-corrected chi connectivity index (χ0v) is 12.7. The van der Waals surface area contributed by atoms with Crippen LogP contribution < -0.4 is 0 Å². The van der Waals surface area contributed by atoms with E-state index < -0.39 is 17.4 Å². The SMILES string of the molecule is C=C(C)C(=O)OCC(CC)(COC#N)COC(=O)C(=C)C. The maximum absolute atomic E-state index is 11.5. The number of hydrogen-bond donors (Lipinski definition) is 0. The lowest BCUT2D eigenvalue weighted by Gasteiger charge is -2.30. The van der Waals surface area contributed by atoms with Crippen LogP contribution in [-0.2, 0) is 23.8 Å². The highest BCUT2D eigenvalue weighted by Gasteiger charge is 2.33. The predicted molar refractivity (Wildman–Crippen MR) is 75.8 cm³/mol. The fourth-order valence-corrected chi connectivity index (χ4v) is 1.30. The lowest BCUT2D eigenvalue weighted by molar-refractivity contribution is -0.151. The Labute approximate surface area is 125 Å². The molecule has 0 fully saturated rings. The first-order valence-corrected chi connectivity index (χ1v) is 6.44. The van der Waals surface area contributed by atoms with E-state index in [0.29, 0.717) is 6.42 Å². The third-order valence-electron chi connectivity index (χ3n) is 2.91. The van der Waals surface area contributed by atoms with Crippen molar-refractivity contribution in [3.8, 4) is 6.26 Å². The van der Waals surface area contributed by atoms with E-state index in [4.69, 9.17) is 19.5 Å². The van der Waals surface area contributed by atoms with Gasteiger partial charge in [-0.15, -0.1) is 0 Å². The van der Waals surface area contributed by atoms with Crippen molar-refractivity contribution >= 4 is 11.9 Å². The second-order valence-electron chi connectivity index (χ2n) is 4.95. The number of carbonyl (C=O) groups is 2. The highest BCUT2D eigenvalue weighted by molar-refractivity contribution is 5.87. The number of nitrogens with zero attached hydrogens (tertiary/aromatic N) is 1. The minimum atomic E-state index is -0.786. The summed E-state index contributed by atoms with van der Waals surface area (Å²) in [6.45, 7) is 11.8. The number of esters is 2. The highest BCUT2D eigenvalue weighted by atomic mass is 16.6. The van der Waals surface area contributed by atoms with Gasteiger partial charge in [0.1, 0.15) is 19.8 Å². The molecule has 0 N–H and O–H groups in total. The normalized spacial score (nSPS) is 10.2. The van der Waals surface area contributed by atoms with Crippen molar-refractivity contribution in [2.75, 3.05) is 19.8 Å². The summed E-state index contributed by atoms with van der Waals surface area (Å²) in [7, 11) is 0. The lowest BCUT2D eigenvalue weighted by Crippen LogP contribution is -2.38. The fourth-order valence-electron chi connectivity index (χ4n) is 1.30. The van der Waals surface area contributed by atoms with Crippen molar-refractivity contribution < 1.29 is 23.8 Å². The zero-order valence-electron chi connectivity index (χ0n) is 12.7. The fraction of sp³-hybridized carbons (Fsp3) is 0.533. The van der Waals surface area contributed by atoms with Gasteiger partial charge in [0.05, 0.1) is 5.41 Å². The van der Waals surface area contributed by atoms with E-state index in [1.807, 2.05) is 6.92 Å². The third-order valence-corrected chi connectivity index (χ3v) is 2.91. The molecule has 0 saturated heterocycles. The van der Waals surface area contributed by atoms with Crippen LogP contribution >= 0.6 is 0 Å². The van der Waals surface area contributed by atoms with Crippen molar-refractivity contribution in [3.63, 3.8) is 0 Å². The summed E-state index contributed by atoms with van der Waals surface area (Å²) in [5.74, 6) is -1.09. The van der Waals surface area contributed by atoms with Gasteiger partial charge in [0.2, 0.25) is 0 Å². The van der Waals surface area contributed by atoms with Crippen LogP contribution in [0.2, 0.25) is 0 Å². The molecule has 0 aliphatic carbocycles. The van der Waals surface area contributed by atoms with Crippen molar-refractivity contribution in [1.29, 1.82) is 5.26 Å². The Morgan fingerprint density at radius 3 is 1.76 bits per heavy atom. The molecule has 0 saturated carbocycles. The Kier molecular flexibility index (Phi) is 7.84. The highest BCUT2D eigenvalue weighted by Crippen LogP contribution is 2.24. The monoisotopic (exact) mass is 295 g/mol. The second-order valence-corrected chi connectivity index (χ2v) is 4.95. The van der Waals surface area contributed by atoms with E-state index in [2.05, 4.69) is 13.2 Å². The molecule has 6 nitrogen and oxygen atoms in total. The number of carbonyl (C=O) groups excluding carboxylic acids is 2.